The number of hydrogen-bond acceptors (Lipinski definition) is 6. The molecule has 3 rings (SSSR count). The molecule has 0 aliphatic carbocycles. The maximum Gasteiger partial charge on any atom is 0.264 e. The zero-order valence-corrected chi connectivity index (χ0v) is 25.3. The predicted molar refractivity (Wildman–Crippen MR) is 159 cm³/mol. The minimum Gasteiger partial charge on any atom is -0.496 e. The van der Waals surface area contributed by atoms with Crippen LogP contribution in [0.15, 0.2) is 70.5 Å². The molecule has 7 nitrogen and oxygen atoms in total. The summed E-state index contributed by atoms with van der Waals surface area (Å²) in [5, 5.41) is 3.00. The lowest BCUT2D eigenvalue weighted by Crippen LogP contribution is -2.41. The van der Waals surface area contributed by atoms with Crippen LogP contribution in [0.4, 0.5) is 5.69 Å². The van der Waals surface area contributed by atoms with Crippen LogP contribution in [0.5, 0.6) is 11.5 Å². The lowest BCUT2D eigenvalue weighted by atomic mass is 9.93. The summed E-state index contributed by atoms with van der Waals surface area (Å²) in [6.45, 7) is 9.81. The number of rotatable bonds is 12. The first kappa shape index (κ1) is 30.4. The second-order valence-corrected chi connectivity index (χ2v) is 12.2. The molecule has 1 amide bonds. The molecule has 0 radical (unpaired) electrons. The fourth-order valence-electron chi connectivity index (χ4n) is 4.42. The number of carbonyl (C=O) groups excluding carboxylic acids is 1. The monoisotopic (exact) mass is 570 g/mol. The third-order valence-corrected chi connectivity index (χ3v) is 8.97. The van der Waals surface area contributed by atoms with Gasteiger partial charge in [-0.3, -0.25) is 9.10 Å². The van der Waals surface area contributed by atoms with Crippen LogP contribution in [0.3, 0.4) is 0 Å². The minimum atomic E-state index is -4.08. The molecule has 1 N–H and O–H groups in total. The SMILES string of the molecule is CCOc1ccccc1N(CC(=O)N[C@@H](C)c1cc(C(C)C)c(OC)cc1C)S(=O)(=O)c1ccc(SC)cc1. The van der Waals surface area contributed by atoms with Crippen LogP contribution >= 0.6 is 11.8 Å². The maximum absolute atomic E-state index is 13.9. The van der Waals surface area contributed by atoms with E-state index in [1.165, 1.54) is 11.8 Å². The normalized spacial score (nSPS) is 12.2. The summed E-state index contributed by atoms with van der Waals surface area (Å²) < 4.78 is 40.2. The van der Waals surface area contributed by atoms with Crippen molar-refractivity contribution in [2.45, 2.75) is 56.4 Å². The number of nitrogens with zero attached hydrogens (tertiary/aromatic N) is 1. The Morgan fingerprint density at radius 2 is 1.67 bits per heavy atom. The number of sulfonamides is 1. The second-order valence-electron chi connectivity index (χ2n) is 9.48. The van der Waals surface area contributed by atoms with Gasteiger partial charge in [-0.05, 0) is 98.2 Å². The number of nitrogens with one attached hydrogen (secondary N) is 1. The molecule has 0 fully saturated rings. The fraction of sp³-hybridized carbons (Fsp3) is 0.367. The van der Waals surface area contributed by atoms with Gasteiger partial charge in [0.2, 0.25) is 5.91 Å². The first-order valence-electron chi connectivity index (χ1n) is 12.9. The lowest BCUT2D eigenvalue weighted by molar-refractivity contribution is -0.120. The van der Waals surface area contributed by atoms with E-state index in [9.17, 15) is 13.2 Å². The van der Waals surface area contributed by atoms with E-state index in [1.54, 1.807) is 55.6 Å². The van der Waals surface area contributed by atoms with Gasteiger partial charge in [0.1, 0.15) is 18.0 Å². The largest absolute Gasteiger partial charge is 0.496 e. The summed E-state index contributed by atoms with van der Waals surface area (Å²) in [5.41, 5.74) is 3.27. The van der Waals surface area contributed by atoms with E-state index in [0.717, 1.165) is 31.6 Å². The van der Waals surface area contributed by atoms with E-state index in [2.05, 4.69) is 25.2 Å². The van der Waals surface area contributed by atoms with Crippen molar-refractivity contribution < 1.29 is 22.7 Å². The van der Waals surface area contributed by atoms with Gasteiger partial charge in [-0.2, -0.15) is 0 Å². The van der Waals surface area contributed by atoms with E-state index >= 15 is 0 Å². The van der Waals surface area contributed by atoms with Crippen molar-refractivity contribution >= 4 is 33.4 Å². The Hall–Kier alpha value is -3.17. The van der Waals surface area contributed by atoms with Crippen molar-refractivity contribution in [2.75, 3.05) is 30.8 Å². The average molecular weight is 571 g/mol. The summed E-state index contributed by atoms with van der Waals surface area (Å²) in [6.07, 6.45) is 1.92. The van der Waals surface area contributed by atoms with Gasteiger partial charge in [0.15, 0.2) is 0 Å². The summed E-state index contributed by atoms with van der Waals surface area (Å²) in [6, 6.07) is 17.2. The van der Waals surface area contributed by atoms with Gasteiger partial charge in [0.25, 0.3) is 10.0 Å². The first-order chi connectivity index (χ1) is 18.5. The van der Waals surface area contributed by atoms with Crippen LogP contribution in [0.1, 0.15) is 56.3 Å². The molecule has 0 aliphatic rings. The standard InChI is InChI=1S/C30H38N2O5S2/c1-8-37-28-12-10-9-11-27(28)32(39(34,35)24-15-13-23(38-7)14-16-24)19-30(33)31-22(5)26-18-25(20(2)3)29(36-6)17-21(26)4/h9-18,20,22H,8,19H2,1-7H3,(H,31,33)/t22-/m0/s1. The van der Waals surface area contributed by atoms with Crippen LogP contribution < -0.4 is 19.1 Å². The van der Waals surface area contributed by atoms with Crippen LogP contribution in [0.2, 0.25) is 0 Å². The van der Waals surface area contributed by atoms with Crippen molar-refractivity contribution in [3.63, 3.8) is 0 Å². The molecular formula is C30H38N2O5S2. The van der Waals surface area contributed by atoms with Crippen LogP contribution in [0.25, 0.3) is 0 Å². The lowest BCUT2D eigenvalue weighted by Gasteiger charge is -2.27. The molecule has 0 aliphatic heterocycles. The predicted octanol–water partition coefficient (Wildman–Crippen LogP) is 6.32. The van der Waals surface area contributed by atoms with Crippen LogP contribution in [0, 0.1) is 6.92 Å². The Bertz CT molecular complexity index is 1390. The van der Waals surface area contributed by atoms with Gasteiger partial charge in [0.05, 0.1) is 30.3 Å². The van der Waals surface area contributed by atoms with Crippen molar-refractivity contribution in [1.29, 1.82) is 0 Å². The summed E-state index contributed by atoms with van der Waals surface area (Å²) in [5.74, 6) is 0.995. The number of carbonyl (C=O) groups is 1. The van der Waals surface area contributed by atoms with E-state index < -0.39 is 22.5 Å². The highest BCUT2D eigenvalue weighted by Crippen LogP contribution is 2.34. The van der Waals surface area contributed by atoms with E-state index in [4.69, 9.17) is 9.47 Å². The Labute approximate surface area is 237 Å². The molecule has 0 saturated heterocycles. The molecule has 3 aromatic rings. The minimum absolute atomic E-state index is 0.0972. The van der Waals surface area contributed by atoms with Gasteiger partial charge in [-0.15, -0.1) is 11.8 Å². The van der Waals surface area contributed by atoms with Gasteiger partial charge >= 0.3 is 0 Å². The maximum atomic E-state index is 13.9. The summed E-state index contributed by atoms with van der Waals surface area (Å²) in [4.78, 5) is 14.5. The first-order valence-corrected chi connectivity index (χ1v) is 15.6. The molecule has 0 bridgehead atoms. The highest BCUT2D eigenvalue weighted by atomic mass is 32.2. The highest BCUT2D eigenvalue weighted by Gasteiger charge is 2.30. The molecule has 0 heterocycles. The van der Waals surface area contributed by atoms with E-state index in [0.29, 0.717) is 18.0 Å². The highest BCUT2D eigenvalue weighted by molar-refractivity contribution is 7.98. The quantitative estimate of drug-likeness (QED) is 0.257. The van der Waals surface area contributed by atoms with Crippen LogP contribution in [-0.4, -0.2) is 40.8 Å². The van der Waals surface area contributed by atoms with Crippen molar-refractivity contribution in [3.05, 3.63) is 77.4 Å². The van der Waals surface area contributed by atoms with Crippen molar-refractivity contribution in [1.82, 2.24) is 5.32 Å². The topological polar surface area (TPSA) is 84.9 Å². The van der Waals surface area contributed by atoms with Crippen molar-refractivity contribution in [3.8, 4) is 11.5 Å². The van der Waals surface area contributed by atoms with E-state index in [-0.39, 0.29) is 16.9 Å². The Kier molecular flexibility index (Phi) is 10.3. The molecule has 0 aromatic heterocycles. The van der Waals surface area contributed by atoms with Gasteiger partial charge in [-0.1, -0.05) is 26.0 Å². The second kappa shape index (κ2) is 13.3. The van der Waals surface area contributed by atoms with E-state index in [1.807, 2.05) is 33.1 Å². The number of para-hydroxylation sites is 2. The molecule has 0 unspecified atom stereocenters. The molecule has 0 spiro atoms. The Morgan fingerprint density at radius 1 is 1.00 bits per heavy atom. The number of benzene rings is 3. The molecule has 3 aromatic carbocycles. The molecule has 9 heteroatoms. The molecule has 0 saturated carbocycles. The third kappa shape index (κ3) is 7.08. The van der Waals surface area contributed by atoms with Crippen molar-refractivity contribution in [2.24, 2.45) is 0 Å². The number of aryl methyl sites for hydroxylation is 1. The number of amides is 1. The zero-order chi connectivity index (χ0) is 28.7. The molecule has 210 valence electrons. The van der Waals surface area contributed by atoms with Gasteiger partial charge in [-0.25, -0.2) is 8.42 Å². The number of ether oxygens (including phenoxy) is 2. The average Bonchev–Trinajstić information content (AvgIpc) is 2.91. The van der Waals surface area contributed by atoms with Gasteiger partial charge in [0, 0.05) is 4.90 Å². The Balaban J connectivity index is 1.97. The summed E-state index contributed by atoms with van der Waals surface area (Å²) >= 11 is 1.52. The zero-order valence-electron chi connectivity index (χ0n) is 23.6. The molecule has 39 heavy (non-hydrogen) atoms. The summed E-state index contributed by atoms with van der Waals surface area (Å²) in [7, 11) is -2.44. The molecule has 1 atom stereocenters. The molecular weight excluding hydrogens is 532 g/mol. The number of thioether (sulfide) groups is 1. The van der Waals surface area contributed by atoms with Crippen LogP contribution in [-0.2, 0) is 14.8 Å². The van der Waals surface area contributed by atoms with Gasteiger partial charge < -0.3 is 14.8 Å². The number of methoxy groups -OCH3 is 1. The Morgan fingerprint density at radius 3 is 2.26 bits per heavy atom. The smallest absolute Gasteiger partial charge is 0.264 e. The number of hydrogen-bond donors (Lipinski definition) is 1. The third-order valence-electron chi connectivity index (χ3n) is 6.45. The fourth-order valence-corrected chi connectivity index (χ4v) is 6.26. The number of anilines is 1.